The smallest absolute Gasteiger partial charge is 0.264 e. The molecule has 1 N–H and O–H groups in total. The molecule has 1 aliphatic carbocycles. The second-order valence-corrected chi connectivity index (χ2v) is 7.86. The largest absolute Gasteiger partial charge is 0.496 e. The van der Waals surface area contributed by atoms with Crippen molar-refractivity contribution < 1.29 is 17.9 Å². The second kappa shape index (κ2) is 6.88. The van der Waals surface area contributed by atoms with E-state index in [0.717, 1.165) is 29.7 Å². The molecule has 132 valence electrons. The standard InChI is InChI=1S/C19H21NO4S/c1-13-7-3-4-12-18(13)25(22,23)20-19(21)16-10-5-9-15-14(16)8-6-11-17(15)24-2/h3-4,6-8,11-12,16H,5,9-10H2,1-2H3,(H,20,21)/t16-/m1/s1. The van der Waals surface area contributed by atoms with Gasteiger partial charge in [0.15, 0.2) is 0 Å². The number of hydrogen-bond acceptors (Lipinski definition) is 4. The van der Waals surface area contributed by atoms with Crippen molar-refractivity contribution in [1.29, 1.82) is 0 Å². The number of benzene rings is 2. The van der Waals surface area contributed by atoms with Crippen LogP contribution in [0.2, 0.25) is 0 Å². The molecule has 25 heavy (non-hydrogen) atoms. The molecule has 0 aliphatic heterocycles. The van der Waals surface area contributed by atoms with E-state index in [2.05, 4.69) is 4.72 Å². The van der Waals surface area contributed by atoms with Crippen LogP contribution in [-0.4, -0.2) is 21.4 Å². The summed E-state index contributed by atoms with van der Waals surface area (Å²) in [6.45, 7) is 1.71. The highest BCUT2D eigenvalue weighted by Gasteiger charge is 2.31. The first-order valence-electron chi connectivity index (χ1n) is 8.22. The lowest BCUT2D eigenvalue weighted by Crippen LogP contribution is -2.36. The zero-order chi connectivity index (χ0) is 18.0. The Balaban J connectivity index is 1.90. The number of carbonyl (C=O) groups excluding carboxylic acids is 1. The molecule has 0 heterocycles. The van der Waals surface area contributed by atoms with Gasteiger partial charge in [0.05, 0.1) is 17.9 Å². The van der Waals surface area contributed by atoms with Gasteiger partial charge in [-0.3, -0.25) is 4.79 Å². The summed E-state index contributed by atoms with van der Waals surface area (Å²) < 4.78 is 32.8. The predicted molar refractivity (Wildman–Crippen MR) is 95.2 cm³/mol. The molecule has 2 aromatic rings. The van der Waals surface area contributed by atoms with Gasteiger partial charge in [-0.2, -0.15) is 0 Å². The Labute approximate surface area is 148 Å². The Hall–Kier alpha value is -2.34. The average molecular weight is 359 g/mol. The van der Waals surface area contributed by atoms with Gasteiger partial charge in [-0.05, 0) is 55.0 Å². The lowest BCUT2D eigenvalue weighted by molar-refractivity contribution is -0.121. The van der Waals surface area contributed by atoms with Crippen molar-refractivity contribution in [2.24, 2.45) is 0 Å². The van der Waals surface area contributed by atoms with Crippen LogP contribution in [0.1, 0.15) is 35.4 Å². The van der Waals surface area contributed by atoms with Crippen molar-refractivity contribution >= 4 is 15.9 Å². The summed E-state index contributed by atoms with van der Waals surface area (Å²) in [5.74, 6) is -0.230. The molecule has 1 atom stereocenters. The molecule has 6 heteroatoms. The van der Waals surface area contributed by atoms with Gasteiger partial charge in [0, 0.05) is 0 Å². The van der Waals surface area contributed by atoms with Gasteiger partial charge in [-0.1, -0.05) is 30.3 Å². The van der Waals surface area contributed by atoms with Gasteiger partial charge >= 0.3 is 0 Å². The first-order chi connectivity index (χ1) is 11.9. The number of sulfonamides is 1. The third-order valence-corrected chi connectivity index (χ3v) is 6.13. The van der Waals surface area contributed by atoms with Gasteiger partial charge < -0.3 is 4.74 Å². The van der Waals surface area contributed by atoms with E-state index >= 15 is 0 Å². The van der Waals surface area contributed by atoms with Crippen LogP contribution in [0.3, 0.4) is 0 Å². The number of methoxy groups -OCH3 is 1. The quantitative estimate of drug-likeness (QED) is 0.911. The maximum Gasteiger partial charge on any atom is 0.264 e. The zero-order valence-corrected chi connectivity index (χ0v) is 15.1. The van der Waals surface area contributed by atoms with Gasteiger partial charge in [-0.25, -0.2) is 13.1 Å². The fraction of sp³-hybridized carbons (Fsp3) is 0.316. The van der Waals surface area contributed by atoms with Crippen LogP contribution in [-0.2, 0) is 21.2 Å². The Bertz CT molecular complexity index is 905. The van der Waals surface area contributed by atoms with Crippen molar-refractivity contribution in [3.63, 3.8) is 0 Å². The molecule has 0 radical (unpaired) electrons. The number of nitrogens with one attached hydrogen (secondary N) is 1. The van der Waals surface area contributed by atoms with Crippen LogP contribution in [0.25, 0.3) is 0 Å². The van der Waals surface area contributed by atoms with Gasteiger partial charge in [0.25, 0.3) is 10.0 Å². The van der Waals surface area contributed by atoms with Crippen molar-refractivity contribution in [3.8, 4) is 5.75 Å². The van der Waals surface area contributed by atoms with Crippen LogP contribution in [0, 0.1) is 6.92 Å². The summed E-state index contributed by atoms with van der Waals surface area (Å²) in [7, 11) is -2.29. The monoisotopic (exact) mass is 359 g/mol. The summed E-state index contributed by atoms with van der Waals surface area (Å²) in [5.41, 5.74) is 2.45. The van der Waals surface area contributed by atoms with Crippen LogP contribution in [0.5, 0.6) is 5.75 Å². The highest BCUT2D eigenvalue weighted by Crippen LogP contribution is 2.37. The molecule has 0 aromatic heterocycles. The Morgan fingerprint density at radius 3 is 2.64 bits per heavy atom. The van der Waals surface area contributed by atoms with Crippen molar-refractivity contribution in [2.75, 3.05) is 7.11 Å². The van der Waals surface area contributed by atoms with E-state index in [-0.39, 0.29) is 4.90 Å². The van der Waals surface area contributed by atoms with Crippen molar-refractivity contribution in [2.45, 2.75) is 37.0 Å². The van der Waals surface area contributed by atoms with Crippen molar-refractivity contribution in [3.05, 3.63) is 59.2 Å². The fourth-order valence-electron chi connectivity index (χ4n) is 3.40. The highest BCUT2D eigenvalue weighted by atomic mass is 32.2. The normalized spacial score (nSPS) is 16.8. The maximum absolute atomic E-state index is 12.7. The average Bonchev–Trinajstić information content (AvgIpc) is 2.60. The Kier molecular flexibility index (Phi) is 4.81. The molecule has 0 saturated heterocycles. The van der Waals surface area contributed by atoms with E-state index in [0.29, 0.717) is 12.0 Å². The Morgan fingerprint density at radius 2 is 1.92 bits per heavy atom. The zero-order valence-electron chi connectivity index (χ0n) is 14.3. The summed E-state index contributed by atoms with van der Waals surface area (Å²) in [5, 5.41) is 0. The third kappa shape index (κ3) is 3.39. The topological polar surface area (TPSA) is 72.5 Å². The summed E-state index contributed by atoms with van der Waals surface area (Å²) >= 11 is 0. The lowest BCUT2D eigenvalue weighted by Gasteiger charge is -2.26. The molecule has 1 aliphatic rings. The van der Waals surface area contributed by atoms with Gasteiger partial charge in [-0.15, -0.1) is 0 Å². The van der Waals surface area contributed by atoms with E-state index in [1.165, 1.54) is 6.07 Å². The predicted octanol–water partition coefficient (Wildman–Crippen LogP) is 2.93. The van der Waals surface area contributed by atoms with Gasteiger partial charge in [0.1, 0.15) is 5.75 Å². The van der Waals surface area contributed by atoms with Crippen LogP contribution in [0.15, 0.2) is 47.4 Å². The number of fused-ring (bicyclic) bond motifs is 1. The van der Waals surface area contributed by atoms with E-state index in [4.69, 9.17) is 4.74 Å². The molecular weight excluding hydrogens is 338 g/mol. The second-order valence-electron chi connectivity index (χ2n) is 6.21. The van der Waals surface area contributed by atoms with Crippen molar-refractivity contribution in [1.82, 2.24) is 4.72 Å². The summed E-state index contributed by atoms with van der Waals surface area (Å²) in [6, 6.07) is 12.2. The fourth-order valence-corrected chi connectivity index (χ4v) is 4.66. The molecule has 0 unspecified atom stereocenters. The Morgan fingerprint density at radius 1 is 1.16 bits per heavy atom. The number of ether oxygens (including phenoxy) is 1. The highest BCUT2D eigenvalue weighted by molar-refractivity contribution is 7.90. The SMILES string of the molecule is COc1cccc2c1CCC[C@H]2C(=O)NS(=O)(=O)c1ccccc1C. The van der Waals surface area contributed by atoms with Crippen LogP contribution >= 0.6 is 0 Å². The van der Waals surface area contributed by atoms with E-state index < -0.39 is 21.8 Å². The minimum Gasteiger partial charge on any atom is -0.496 e. The molecule has 1 amide bonds. The molecule has 0 fully saturated rings. The third-order valence-electron chi connectivity index (χ3n) is 4.62. The number of amides is 1. The lowest BCUT2D eigenvalue weighted by atomic mass is 9.82. The van der Waals surface area contributed by atoms with E-state index in [1.807, 2.05) is 18.2 Å². The molecule has 0 spiro atoms. The molecule has 0 bridgehead atoms. The molecule has 0 saturated carbocycles. The first-order valence-corrected chi connectivity index (χ1v) is 9.70. The summed E-state index contributed by atoms with van der Waals surface area (Å²) in [6.07, 6.45) is 2.26. The number of carbonyl (C=O) groups is 1. The first kappa shape index (κ1) is 17.5. The number of hydrogen-bond donors (Lipinski definition) is 1. The number of rotatable bonds is 4. The van der Waals surface area contributed by atoms with E-state index in [1.54, 1.807) is 32.2 Å². The maximum atomic E-state index is 12.7. The number of aryl methyl sites for hydroxylation is 1. The van der Waals surface area contributed by atoms with E-state index in [9.17, 15) is 13.2 Å². The van der Waals surface area contributed by atoms with Gasteiger partial charge in [0.2, 0.25) is 5.91 Å². The van der Waals surface area contributed by atoms with Crippen LogP contribution < -0.4 is 9.46 Å². The molecular formula is C19H21NO4S. The summed E-state index contributed by atoms with van der Waals surface area (Å²) in [4.78, 5) is 12.9. The van der Waals surface area contributed by atoms with Crippen LogP contribution in [0.4, 0.5) is 0 Å². The minimum absolute atomic E-state index is 0.130. The molecule has 2 aromatic carbocycles. The molecule has 5 nitrogen and oxygen atoms in total. The molecule has 3 rings (SSSR count). The minimum atomic E-state index is -3.89.